The molecule has 0 spiro atoms. The lowest BCUT2D eigenvalue weighted by atomic mass is 10.1. The third-order valence-electron chi connectivity index (χ3n) is 3.94. The van der Waals surface area contributed by atoms with E-state index < -0.39 is 0 Å². The summed E-state index contributed by atoms with van der Waals surface area (Å²) in [7, 11) is 0. The number of pyridine rings is 1. The minimum atomic E-state index is -0.174. The van der Waals surface area contributed by atoms with Gasteiger partial charge in [-0.3, -0.25) is 9.78 Å². The topological polar surface area (TPSA) is 77.2 Å². The summed E-state index contributed by atoms with van der Waals surface area (Å²) in [6.45, 7) is 1.72. The average molecular weight is 320 g/mol. The Morgan fingerprint density at radius 2 is 2.32 bits per heavy atom. The van der Waals surface area contributed by atoms with E-state index in [2.05, 4.69) is 10.3 Å². The number of ether oxygens (including phenoxy) is 1. The SMILES string of the molecule is NCC1CC(CNC(=O)c2ccc3ncccc3c2Cl)CO1. The number of carbonyl (C=O) groups is 1. The Labute approximate surface area is 133 Å². The molecule has 0 aliphatic carbocycles. The normalized spacial score (nSPS) is 21.2. The highest BCUT2D eigenvalue weighted by molar-refractivity contribution is 6.38. The predicted molar refractivity (Wildman–Crippen MR) is 86.0 cm³/mol. The van der Waals surface area contributed by atoms with E-state index in [4.69, 9.17) is 22.1 Å². The van der Waals surface area contributed by atoms with Crippen LogP contribution in [0.25, 0.3) is 10.9 Å². The van der Waals surface area contributed by atoms with E-state index in [0.717, 1.165) is 17.3 Å². The molecule has 0 bridgehead atoms. The number of halogens is 1. The fourth-order valence-electron chi connectivity index (χ4n) is 2.71. The first-order chi connectivity index (χ1) is 10.7. The molecule has 1 aromatic heterocycles. The number of nitrogens with two attached hydrogens (primary N) is 1. The molecular formula is C16H18ClN3O2. The van der Waals surface area contributed by atoms with Gasteiger partial charge < -0.3 is 15.8 Å². The second-order valence-corrected chi connectivity index (χ2v) is 5.88. The Bertz CT molecular complexity index is 692. The van der Waals surface area contributed by atoms with Gasteiger partial charge in [0.15, 0.2) is 0 Å². The van der Waals surface area contributed by atoms with Gasteiger partial charge in [0, 0.05) is 30.6 Å². The van der Waals surface area contributed by atoms with Crippen molar-refractivity contribution < 1.29 is 9.53 Å². The maximum absolute atomic E-state index is 12.3. The fraction of sp³-hybridized carbons (Fsp3) is 0.375. The van der Waals surface area contributed by atoms with Crippen molar-refractivity contribution in [2.45, 2.75) is 12.5 Å². The molecule has 3 N–H and O–H groups in total. The van der Waals surface area contributed by atoms with E-state index in [9.17, 15) is 4.79 Å². The number of carbonyl (C=O) groups excluding carboxylic acids is 1. The molecule has 1 amide bonds. The molecule has 116 valence electrons. The van der Waals surface area contributed by atoms with Crippen LogP contribution in [-0.2, 0) is 4.74 Å². The molecule has 1 aromatic carbocycles. The van der Waals surface area contributed by atoms with Crippen LogP contribution in [0.2, 0.25) is 5.02 Å². The number of rotatable bonds is 4. The Hall–Kier alpha value is -1.69. The summed E-state index contributed by atoms with van der Waals surface area (Å²) in [6.07, 6.45) is 2.69. The number of nitrogens with zero attached hydrogens (tertiary/aromatic N) is 1. The number of fused-ring (bicyclic) bond motifs is 1. The third kappa shape index (κ3) is 3.06. The molecule has 2 aromatic rings. The summed E-state index contributed by atoms with van der Waals surface area (Å²) < 4.78 is 5.52. The van der Waals surface area contributed by atoms with Gasteiger partial charge in [-0.05, 0) is 30.7 Å². The molecule has 0 saturated carbocycles. The van der Waals surface area contributed by atoms with E-state index in [1.54, 1.807) is 24.4 Å². The van der Waals surface area contributed by atoms with Gasteiger partial charge in [0.25, 0.3) is 5.91 Å². The van der Waals surface area contributed by atoms with Gasteiger partial charge in [-0.25, -0.2) is 0 Å². The quantitative estimate of drug-likeness (QED) is 0.903. The van der Waals surface area contributed by atoms with Crippen molar-refractivity contribution in [3.05, 3.63) is 41.0 Å². The highest BCUT2D eigenvalue weighted by atomic mass is 35.5. The summed E-state index contributed by atoms with van der Waals surface area (Å²) in [5, 5.41) is 4.14. The first-order valence-electron chi connectivity index (χ1n) is 7.32. The summed E-state index contributed by atoms with van der Waals surface area (Å²) in [4.78, 5) is 16.6. The van der Waals surface area contributed by atoms with E-state index in [1.165, 1.54) is 0 Å². The van der Waals surface area contributed by atoms with Gasteiger partial charge in [0.1, 0.15) is 0 Å². The van der Waals surface area contributed by atoms with Crippen LogP contribution in [0.1, 0.15) is 16.8 Å². The molecule has 1 saturated heterocycles. The third-order valence-corrected chi connectivity index (χ3v) is 4.35. The zero-order valence-corrected chi connectivity index (χ0v) is 12.8. The summed E-state index contributed by atoms with van der Waals surface area (Å²) in [5.41, 5.74) is 6.83. The molecule has 5 nitrogen and oxygen atoms in total. The standard InChI is InChI=1S/C16H18ClN3O2/c17-15-12-2-1-5-19-14(12)4-3-13(15)16(21)20-8-10-6-11(7-18)22-9-10/h1-5,10-11H,6-9,18H2,(H,20,21). The molecule has 6 heteroatoms. The van der Waals surface area contributed by atoms with Crippen LogP contribution in [0, 0.1) is 5.92 Å². The van der Waals surface area contributed by atoms with Crippen LogP contribution in [0.5, 0.6) is 0 Å². The van der Waals surface area contributed by atoms with Crippen LogP contribution >= 0.6 is 11.6 Å². The maximum Gasteiger partial charge on any atom is 0.252 e. The van der Waals surface area contributed by atoms with E-state index in [-0.39, 0.29) is 12.0 Å². The summed E-state index contributed by atoms with van der Waals surface area (Å²) in [5.74, 6) is 0.130. The van der Waals surface area contributed by atoms with E-state index in [0.29, 0.717) is 36.2 Å². The van der Waals surface area contributed by atoms with Gasteiger partial charge in [-0.2, -0.15) is 0 Å². The van der Waals surface area contributed by atoms with Crippen molar-refractivity contribution >= 4 is 28.4 Å². The van der Waals surface area contributed by atoms with Crippen LogP contribution in [0.15, 0.2) is 30.5 Å². The second kappa shape index (κ2) is 6.60. The van der Waals surface area contributed by atoms with Crippen molar-refractivity contribution in [3.8, 4) is 0 Å². The number of amides is 1. The molecule has 3 rings (SSSR count). The number of aromatic nitrogens is 1. The second-order valence-electron chi connectivity index (χ2n) is 5.50. The zero-order chi connectivity index (χ0) is 15.5. The van der Waals surface area contributed by atoms with Gasteiger partial charge in [0.05, 0.1) is 28.8 Å². The Balaban J connectivity index is 1.69. The lowest BCUT2D eigenvalue weighted by molar-refractivity contribution is 0.0940. The summed E-state index contributed by atoms with van der Waals surface area (Å²) >= 11 is 6.34. The fourth-order valence-corrected chi connectivity index (χ4v) is 3.02. The van der Waals surface area contributed by atoms with Crippen molar-refractivity contribution in [3.63, 3.8) is 0 Å². The maximum atomic E-state index is 12.3. The monoisotopic (exact) mass is 319 g/mol. The molecule has 1 aliphatic heterocycles. The van der Waals surface area contributed by atoms with Gasteiger partial charge in [-0.15, -0.1) is 0 Å². The molecule has 22 heavy (non-hydrogen) atoms. The highest BCUT2D eigenvalue weighted by Crippen LogP contribution is 2.26. The van der Waals surface area contributed by atoms with E-state index >= 15 is 0 Å². The Kier molecular flexibility index (Phi) is 4.57. The molecule has 2 unspecified atom stereocenters. The van der Waals surface area contributed by atoms with Crippen LogP contribution < -0.4 is 11.1 Å². The molecule has 1 aliphatic rings. The van der Waals surface area contributed by atoms with E-state index in [1.807, 2.05) is 6.07 Å². The van der Waals surface area contributed by atoms with Crippen LogP contribution in [-0.4, -0.2) is 36.7 Å². The largest absolute Gasteiger partial charge is 0.377 e. The van der Waals surface area contributed by atoms with Crippen molar-refractivity contribution in [1.29, 1.82) is 0 Å². The Morgan fingerprint density at radius 3 is 3.09 bits per heavy atom. The highest BCUT2D eigenvalue weighted by Gasteiger charge is 2.25. The van der Waals surface area contributed by atoms with Crippen molar-refractivity contribution in [2.75, 3.05) is 19.7 Å². The number of benzene rings is 1. The van der Waals surface area contributed by atoms with Crippen molar-refractivity contribution in [2.24, 2.45) is 11.7 Å². The number of hydrogen-bond donors (Lipinski definition) is 2. The minimum Gasteiger partial charge on any atom is -0.377 e. The zero-order valence-electron chi connectivity index (χ0n) is 12.1. The smallest absolute Gasteiger partial charge is 0.252 e. The van der Waals surface area contributed by atoms with Gasteiger partial charge in [-0.1, -0.05) is 11.6 Å². The van der Waals surface area contributed by atoms with Gasteiger partial charge >= 0.3 is 0 Å². The van der Waals surface area contributed by atoms with Crippen LogP contribution in [0.4, 0.5) is 0 Å². The van der Waals surface area contributed by atoms with Gasteiger partial charge in [0.2, 0.25) is 0 Å². The minimum absolute atomic E-state index is 0.109. The average Bonchev–Trinajstić information content (AvgIpc) is 3.01. The predicted octanol–water partition coefficient (Wildman–Crippen LogP) is 1.98. The summed E-state index contributed by atoms with van der Waals surface area (Å²) in [6, 6.07) is 7.18. The van der Waals surface area contributed by atoms with Crippen molar-refractivity contribution in [1.82, 2.24) is 10.3 Å². The lowest BCUT2D eigenvalue weighted by Gasteiger charge is -2.11. The molecular weight excluding hydrogens is 302 g/mol. The number of hydrogen-bond acceptors (Lipinski definition) is 4. The first kappa shape index (κ1) is 15.2. The molecule has 0 radical (unpaired) electrons. The molecule has 2 heterocycles. The van der Waals surface area contributed by atoms with Crippen LogP contribution in [0.3, 0.4) is 0 Å². The molecule has 1 fully saturated rings. The first-order valence-corrected chi connectivity index (χ1v) is 7.70. The Morgan fingerprint density at radius 1 is 1.45 bits per heavy atom. The number of nitrogens with one attached hydrogen (secondary N) is 1. The molecule has 2 atom stereocenters. The lowest BCUT2D eigenvalue weighted by Crippen LogP contribution is -2.30.